The van der Waals surface area contributed by atoms with Crippen LogP contribution >= 0.6 is 11.3 Å². The standard InChI is InChI=1S/C14H18N2OS/c1-3-13(15-2)12-6-4-5-7-14(12)17-9-11-8-16-10-18-11/h4-8,10,13,15H,3,9H2,1-2H3. The first-order chi connectivity index (χ1) is 8.85. The van der Waals surface area contributed by atoms with Gasteiger partial charge in [-0.15, -0.1) is 11.3 Å². The second kappa shape index (κ2) is 6.52. The molecule has 2 aromatic rings. The lowest BCUT2D eigenvalue weighted by Gasteiger charge is -2.18. The van der Waals surface area contributed by atoms with Gasteiger partial charge in [0.2, 0.25) is 0 Å². The van der Waals surface area contributed by atoms with Crippen LogP contribution in [0, 0.1) is 0 Å². The first kappa shape index (κ1) is 13.1. The Kier molecular flexibility index (Phi) is 4.73. The maximum absolute atomic E-state index is 5.90. The van der Waals surface area contributed by atoms with E-state index in [1.54, 1.807) is 11.3 Å². The lowest BCUT2D eigenvalue weighted by molar-refractivity contribution is 0.302. The maximum Gasteiger partial charge on any atom is 0.124 e. The Morgan fingerprint density at radius 2 is 2.22 bits per heavy atom. The molecule has 18 heavy (non-hydrogen) atoms. The van der Waals surface area contributed by atoms with Crippen LogP contribution in [0.4, 0.5) is 0 Å². The van der Waals surface area contributed by atoms with Crippen molar-refractivity contribution in [2.45, 2.75) is 26.0 Å². The smallest absolute Gasteiger partial charge is 0.124 e. The summed E-state index contributed by atoms with van der Waals surface area (Å²) in [6.07, 6.45) is 2.89. The van der Waals surface area contributed by atoms with Crippen molar-refractivity contribution in [1.29, 1.82) is 0 Å². The molecule has 0 fully saturated rings. The van der Waals surface area contributed by atoms with Crippen LogP contribution in [0.15, 0.2) is 36.0 Å². The summed E-state index contributed by atoms with van der Waals surface area (Å²) in [7, 11) is 1.98. The van der Waals surface area contributed by atoms with Crippen molar-refractivity contribution >= 4 is 11.3 Å². The van der Waals surface area contributed by atoms with E-state index in [2.05, 4.69) is 29.4 Å². The quantitative estimate of drug-likeness (QED) is 0.866. The van der Waals surface area contributed by atoms with Crippen LogP contribution < -0.4 is 10.1 Å². The molecule has 0 radical (unpaired) electrons. The third-order valence-electron chi connectivity index (χ3n) is 2.90. The van der Waals surface area contributed by atoms with Gasteiger partial charge in [0.1, 0.15) is 12.4 Å². The summed E-state index contributed by atoms with van der Waals surface area (Å²) in [6, 6.07) is 8.54. The van der Waals surface area contributed by atoms with Crippen LogP contribution in [0.5, 0.6) is 5.75 Å². The van der Waals surface area contributed by atoms with Crippen molar-refractivity contribution in [2.75, 3.05) is 7.05 Å². The van der Waals surface area contributed by atoms with Gasteiger partial charge in [0, 0.05) is 17.8 Å². The van der Waals surface area contributed by atoms with Crippen molar-refractivity contribution in [2.24, 2.45) is 0 Å². The highest BCUT2D eigenvalue weighted by Crippen LogP contribution is 2.27. The molecule has 1 aromatic heterocycles. The van der Waals surface area contributed by atoms with Gasteiger partial charge in [0.25, 0.3) is 0 Å². The Morgan fingerprint density at radius 3 is 2.89 bits per heavy atom. The first-order valence-electron chi connectivity index (χ1n) is 6.11. The third-order valence-corrected chi connectivity index (χ3v) is 3.66. The van der Waals surface area contributed by atoms with E-state index in [1.165, 1.54) is 5.56 Å². The number of nitrogens with one attached hydrogen (secondary N) is 1. The fourth-order valence-electron chi connectivity index (χ4n) is 1.94. The monoisotopic (exact) mass is 262 g/mol. The van der Waals surface area contributed by atoms with Crippen molar-refractivity contribution in [3.63, 3.8) is 0 Å². The fourth-order valence-corrected chi connectivity index (χ4v) is 2.45. The average Bonchev–Trinajstić information content (AvgIpc) is 2.92. The average molecular weight is 262 g/mol. The van der Waals surface area contributed by atoms with Gasteiger partial charge in [-0.2, -0.15) is 0 Å². The van der Waals surface area contributed by atoms with Gasteiger partial charge in [-0.25, -0.2) is 0 Å². The topological polar surface area (TPSA) is 34.1 Å². The third kappa shape index (κ3) is 3.09. The molecule has 0 aliphatic carbocycles. The molecule has 0 aliphatic rings. The van der Waals surface area contributed by atoms with Gasteiger partial charge >= 0.3 is 0 Å². The normalized spacial score (nSPS) is 12.3. The largest absolute Gasteiger partial charge is 0.488 e. The van der Waals surface area contributed by atoms with Gasteiger partial charge in [0.15, 0.2) is 0 Å². The van der Waals surface area contributed by atoms with Crippen LogP contribution in [-0.4, -0.2) is 12.0 Å². The van der Waals surface area contributed by atoms with E-state index in [9.17, 15) is 0 Å². The number of hydrogen-bond acceptors (Lipinski definition) is 4. The summed E-state index contributed by atoms with van der Waals surface area (Å²) < 4.78 is 5.90. The van der Waals surface area contributed by atoms with Gasteiger partial charge in [-0.05, 0) is 19.5 Å². The molecule has 3 nitrogen and oxygen atoms in total. The van der Waals surface area contributed by atoms with Crippen LogP contribution in [0.2, 0.25) is 0 Å². The molecule has 1 aromatic carbocycles. The second-order valence-corrected chi connectivity index (χ2v) is 5.01. The molecule has 0 aliphatic heterocycles. The number of aromatic nitrogens is 1. The number of nitrogens with zero attached hydrogens (tertiary/aromatic N) is 1. The minimum absolute atomic E-state index is 0.336. The predicted molar refractivity (Wildman–Crippen MR) is 75.0 cm³/mol. The summed E-state index contributed by atoms with van der Waals surface area (Å²) >= 11 is 1.62. The van der Waals surface area contributed by atoms with Gasteiger partial charge in [0.05, 0.1) is 10.4 Å². The molecular weight excluding hydrogens is 244 g/mol. The Balaban J connectivity index is 2.12. The van der Waals surface area contributed by atoms with Gasteiger partial charge in [-0.3, -0.25) is 4.98 Å². The lowest BCUT2D eigenvalue weighted by atomic mass is 10.0. The zero-order chi connectivity index (χ0) is 12.8. The Bertz CT molecular complexity index is 466. The summed E-state index contributed by atoms with van der Waals surface area (Å²) in [4.78, 5) is 5.19. The molecule has 1 unspecified atom stereocenters. The van der Waals surface area contributed by atoms with E-state index in [1.807, 2.05) is 30.9 Å². The van der Waals surface area contributed by atoms with Crippen molar-refractivity contribution < 1.29 is 4.74 Å². The van der Waals surface area contributed by atoms with Gasteiger partial charge < -0.3 is 10.1 Å². The van der Waals surface area contributed by atoms with E-state index < -0.39 is 0 Å². The first-order valence-corrected chi connectivity index (χ1v) is 6.99. The van der Waals surface area contributed by atoms with E-state index in [4.69, 9.17) is 4.74 Å². The van der Waals surface area contributed by atoms with E-state index in [0.717, 1.165) is 17.0 Å². The maximum atomic E-state index is 5.90. The molecule has 0 spiro atoms. The molecule has 1 N–H and O–H groups in total. The van der Waals surface area contributed by atoms with E-state index in [-0.39, 0.29) is 0 Å². The molecule has 2 rings (SSSR count). The second-order valence-electron chi connectivity index (χ2n) is 4.04. The lowest BCUT2D eigenvalue weighted by Crippen LogP contribution is -2.16. The molecule has 1 heterocycles. The molecule has 0 saturated heterocycles. The van der Waals surface area contributed by atoms with Crippen molar-refractivity contribution in [3.05, 3.63) is 46.4 Å². The predicted octanol–water partition coefficient (Wildman–Crippen LogP) is 3.39. The minimum atomic E-state index is 0.336. The molecule has 0 amide bonds. The Labute approximate surface area is 112 Å². The molecule has 4 heteroatoms. The minimum Gasteiger partial charge on any atom is -0.488 e. The summed E-state index contributed by atoms with van der Waals surface area (Å²) in [5.41, 5.74) is 3.04. The zero-order valence-electron chi connectivity index (χ0n) is 10.7. The summed E-state index contributed by atoms with van der Waals surface area (Å²) in [5, 5.41) is 3.31. The number of para-hydroxylation sites is 1. The van der Waals surface area contributed by atoms with Crippen LogP contribution in [0.1, 0.15) is 29.8 Å². The molecule has 96 valence electrons. The molecular formula is C14H18N2OS. The molecule has 0 saturated carbocycles. The Hall–Kier alpha value is -1.39. The van der Waals surface area contributed by atoms with Crippen LogP contribution in [-0.2, 0) is 6.61 Å². The highest BCUT2D eigenvalue weighted by molar-refractivity contribution is 7.09. The highest BCUT2D eigenvalue weighted by atomic mass is 32.1. The van der Waals surface area contributed by atoms with Crippen molar-refractivity contribution in [3.8, 4) is 5.75 Å². The highest BCUT2D eigenvalue weighted by Gasteiger charge is 2.12. The fraction of sp³-hybridized carbons (Fsp3) is 0.357. The van der Waals surface area contributed by atoms with Crippen LogP contribution in [0.25, 0.3) is 0 Å². The zero-order valence-corrected chi connectivity index (χ0v) is 11.5. The van der Waals surface area contributed by atoms with Crippen molar-refractivity contribution in [1.82, 2.24) is 10.3 Å². The SMILES string of the molecule is CCC(NC)c1ccccc1OCc1cncs1. The summed E-state index contributed by atoms with van der Waals surface area (Å²) in [6.45, 7) is 2.75. The molecule has 0 bridgehead atoms. The number of hydrogen-bond donors (Lipinski definition) is 1. The number of benzene rings is 1. The number of rotatable bonds is 6. The number of ether oxygens (including phenoxy) is 1. The van der Waals surface area contributed by atoms with Crippen LogP contribution in [0.3, 0.4) is 0 Å². The van der Waals surface area contributed by atoms with E-state index >= 15 is 0 Å². The summed E-state index contributed by atoms with van der Waals surface area (Å²) in [5.74, 6) is 0.951. The van der Waals surface area contributed by atoms with E-state index in [0.29, 0.717) is 12.6 Å². The molecule has 1 atom stereocenters. The van der Waals surface area contributed by atoms with Gasteiger partial charge in [-0.1, -0.05) is 25.1 Å². The Morgan fingerprint density at radius 1 is 1.39 bits per heavy atom. The number of thiazole rings is 1.